The molecular weight excluding hydrogens is 278 g/mol. The van der Waals surface area contributed by atoms with Crippen LogP contribution in [-0.2, 0) is 0 Å². The van der Waals surface area contributed by atoms with Gasteiger partial charge in [0.2, 0.25) is 11.8 Å². The van der Waals surface area contributed by atoms with E-state index in [-0.39, 0.29) is 0 Å². The summed E-state index contributed by atoms with van der Waals surface area (Å²) in [5, 5.41) is 11.8. The van der Waals surface area contributed by atoms with Gasteiger partial charge in [-0.25, -0.2) is 0 Å². The van der Waals surface area contributed by atoms with Crippen molar-refractivity contribution in [3.05, 3.63) is 29.3 Å². The zero-order valence-corrected chi connectivity index (χ0v) is 15.0. The third kappa shape index (κ3) is 5.28. The second-order valence-electron chi connectivity index (χ2n) is 6.75. The van der Waals surface area contributed by atoms with E-state index in [4.69, 9.17) is 8.94 Å². The number of nitrogens with zero attached hydrogens (tertiary/aromatic N) is 3. The van der Waals surface area contributed by atoms with Gasteiger partial charge in [0, 0.05) is 23.8 Å². The monoisotopic (exact) mass is 307 g/mol. The molecule has 0 saturated carbocycles. The van der Waals surface area contributed by atoms with Crippen molar-refractivity contribution < 1.29 is 8.94 Å². The minimum Gasteiger partial charge on any atom is -0.425 e. The van der Waals surface area contributed by atoms with Gasteiger partial charge in [0.15, 0.2) is 0 Å². The van der Waals surface area contributed by atoms with E-state index >= 15 is 0 Å². The van der Waals surface area contributed by atoms with E-state index in [0.29, 0.717) is 23.7 Å². The molecule has 0 atom stereocenters. The van der Waals surface area contributed by atoms with Crippen LogP contribution < -0.4 is 0 Å². The molecule has 2 rings (SSSR count). The van der Waals surface area contributed by atoms with Crippen LogP contribution in [0.2, 0.25) is 0 Å². The Hall–Kier alpha value is -1.65. The fourth-order valence-corrected chi connectivity index (χ4v) is 1.56. The molecule has 2 aromatic rings. The van der Waals surface area contributed by atoms with Crippen molar-refractivity contribution in [3.8, 4) is 0 Å². The van der Waals surface area contributed by atoms with E-state index in [0.717, 1.165) is 23.2 Å². The molecule has 2 heterocycles. The summed E-state index contributed by atoms with van der Waals surface area (Å²) in [6, 6.07) is 2.04. The van der Waals surface area contributed by atoms with Gasteiger partial charge >= 0.3 is 0 Å². The Morgan fingerprint density at radius 3 is 1.45 bits per heavy atom. The highest BCUT2D eigenvalue weighted by atomic mass is 16.5. The molecule has 5 heteroatoms. The lowest BCUT2D eigenvalue weighted by molar-refractivity contribution is 0.363. The SMILES string of the molecule is CC(C)c1cc(C(C)C)on1.CC(C)c1nnc(C(C)C)o1. The molecule has 0 bridgehead atoms. The molecule has 2 aromatic heterocycles. The van der Waals surface area contributed by atoms with E-state index in [9.17, 15) is 0 Å². The Morgan fingerprint density at radius 2 is 1.23 bits per heavy atom. The summed E-state index contributed by atoms with van der Waals surface area (Å²) in [7, 11) is 0. The van der Waals surface area contributed by atoms with Crippen molar-refractivity contribution in [2.45, 2.75) is 79.1 Å². The first-order valence-electron chi connectivity index (χ1n) is 8.02. The Kier molecular flexibility index (Phi) is 6.78. The summed E-state index contributed by atoms with van der Waals surface area (Å²) >= 11 is 0. The standard InChI is InChI=1S/C9H15NO.C8H14N2O/c1-6(2)8-5-9(7(3)4)11-10-8;1-5(2)7-9-10-8(11-7)6(3)4/h5-7H,1-4H3;5-6H,1-4H3. The van der Waals surface area contributed by atoms with Gasteiger partial charge in [-0.3, -0.25) is 0 Å². The summed E-state index contributed by atoms with van der Waals surface area (Å²) in [6.07, 6.45) is 0. The van der Waals surface area contributed by atoms with Crippen LogP contribution in [0.4, 0.5) is 0 Å². The summed E-state index contributed by atoms with van der Waals surface area (Å²) < 4.78 is 10.5. The summed E-state index contributed by atoms with van der Waals surface area (Å²) in [4.78, 5) is 0. The largest absolute Gasteiger partial charge is 0.425 e. The van der Waals surface area contributed by atoms with Crippen molar-refractivity contribution in [3.63, 3.8) is 0 Å². The number of aromatic nitrogens is 3. The quantitative estimate of drug-likeness (QED) is 0.773. The first-order chi connectivity index (χ1) is 10.2. The molecule has 0 unspecified atom stereocenters. The highest BCUT2D eigenvalue weighted by Gasteiger charge is 2.11. The first kappa shape index (κ1) is 18.4. The lowest BCUT2D eigenvalue weighted by atomic mass is 10.1. The van der Waals surface area contributed by atoms with E-state index in [1.54, 1.807) is 0 Å². The second kappa shape index (κ2) is 8.11. The van der Waals surface area contributed by atoms with Crippen molar-refractivity contribution >= 4 is 0 Å². The van der Waals surface area contributed by atoms with E-state index in [1.165, 1.54) is 0 Å². The second-order valence-corrected chi connectivity index (χ2v) is 6.75. The van der Waals surface area contributed by atoms with Crippen LogP contribution in [0.25, 0.3) is 0 Å². The number of hydrogen-bond donors (Lipinski definition) is 0. The Bertz CT molecular complexity index is 459. The minimum absolute atomic E-state index is 0.329. The molecule has 0 amide bonds. The zero-order valence-electron chi connectivity index (χ0n) is 15.0. The molecule has 0 aliphatic carbocycles. The predicted octanol–water partition coefficient (Wildman–Crippen LogP) is 5.24. The fraction of sp³-hybridized carbons (Fsp3) is 0.706. The number of hydrogen-bond acceptors (Lipinski definition) is 5. The molecule has 22 heavy (non-hydrogen) atoms. The Balaban J connectivity index is 0.000000220. The minimum atomic E-state index is 0.329. The first-order valence-corrected chi connectivity index (χ1v) is 8.02. The smallest absolute Gasteiger partial charge is 0.219 e. The molecule has 124 valence electrons. The Morgan fingerprint density at radius 1 is 0.727 bits per heavy atom. The van der Waals surface area contributed by atoms with Gasteiger partial charge in [-0.2, -0.15) is 0 Å². The van der Waals surface area contributed by atoms with Crippen molar-refractivity contribution in [1.29, 1.82) is 0 Å². The average molecular weight is 307 g/mol. The maximum Gasteiger partial charge on any atom is 0.219 e. The molecule has 0 fully saturated rings. The third-order valence-corrected chi connectivity index (χ3v) is 3.15. The lowest BCUT2D eigenvalue weighted by Gasteiger charge is -1.96. The molecule has 0 saturated heterocycles. The molecule has 0 radical (unpaired) electrons. The van der Waals surface area contributed by atoms with Crippen LogP contribution in [-0.4, -0.2) is 15.4 Å². The number of rotatable bonds is 4. The topological polar surface area (TPSA) is 65.0 Å². The van der Waals surface area contributed by atoms with Gasteiger partial charge < -0.3 is 8.94 Å². The molecule has 0 aliphatic rings. The third-order valence-electron chi connectivity index (χ3n) is 3.15. The van der Waals surface area contributed by atoms with Gasteiger partial charge in [-0.1, -0.05) is 60.5 Å². The van der Waals surface area contributed by atoms with Gasteiger partial charge in [0.25, 0.3) is 0 Å². The maximum absolute atomic E-state index is 5.38. The lowest BCUT2D eigenvalue weighted by Crippen LogP contribution is -1.85. The highest BCUT2D eigenvalue weighted by Crippen LogP contribution is 2.19. The van der Waals surface area contributed by atoms with Crippen LogP contribution in [0.3, 0.4) is 0 Å². The maximum atomic E-state index is 5.38. The molecule has 0 aliphatic heterocycles. The van der Waals surface area contributed by atoms with Gasteiger partial charge in [-0.15, -0.1) is 10.2 Å². The van der Waals surface area contributed by atoms with Crippen molar-refractivity contribution in [2.75, 3.05) is 0 Å². The van der Waals surface area contributed by atoms with Crippen molar-refractivity contribution in [2.24, 2.45) is 0 Å². The van der Waals surface area contributed by atoms with Crippen LogP contribution in [0.5, 0.6) is 0 Å². The van der Waals surface area contributed by atoms with E-state index in [2.05, 4.69) is 43.0 Å². The highest BCUT2D eigenvalue weighted by molar-refractivity contribution is 5.11. The summed E-state index contributed by atoms with van der Waals surface area (Å²) in [5.41, 5.74) is 1.05. The molecule has 5 nitrogen and oxygen atoms in total. The van der Waals surface area contributed by atoms with E-state index < -0.39 is 0 Å². The molecule has 0 aromatic carbocycles. The van der Waals surface area contributed by atoms with Gasteiger partial charge in [0.05, 0.1) is 5.69 Å². The Labute approximate surface area is 133 Å². The molecular formula is C17H29N3O2. The van der Waals surface area contributed by atoms with E-state index in [1.807, 2.05) is 33.8 Å². The zero-order chi connectivity index (χ0) is 16.9. The van der Waals surface area contributed by atoms with Crippen LogP contribution in [0.15, 0.2) is 15.0 Å². The predicted molar refractivity (Wildman–Crippen MR) is 87.2 cm³/mol. The van der Waals surface area contributed by atoms with Crippen molar-refractivity contribution in [1.82, 2.24) is 15.4 Å². The molecule has 0 spiro atoms. The van der Waals surface area contributed by atoms with Gasteiger partial charge in [0.1, 0.15) is 5.76 Å². The normalized spacial score (nSPS) is 11.5. The summed E-state index contributed by atoms with van der Waals surface area (Å²) in [5.74, 6) is 4.00. The van der Waals surface area contributed by atoms with Crippen LogP contribution in [0, 0.1) is 0 Å². The average Bonchev–Trinajstić information content (AvgIpc) is 3.09. The molecule has 0 N–H and O–H groups in total. The fourth-order valence-electron chi connectivity index (χ4n) is 1.56. The summed E-state index contributed by atoms with van der Waals surface area (Å²) in [6.45, 7) is 16.6. The van der Waals surface area contributed by atoms with Crippen LogP contribution >= 0.6 is 0 Å². The van der Waals surface area contributed by atoms with Gasteiger partial charge in [-0.05, 0) is 5.92 Å². The van der Waals surface area contributed by atoms with Crippen LogP contribution in [0.1, 0.15) is 102 Å².